The van der Waals surface area contributed by atoms with Crippen LogP contribution in [0.4, 0.5) is 0 Å². The van der Waals surface area contributed by atoms with Crippen LogP contribution in [0.25, 0.3) is 22.6 Å². The third-order valence-electron chi connectivity index (χ3n) is 5.22. The van der Waals surface area contributed by atoms with Crippen LogP contribution in [0.15, 0.2) is 47.6 Å². The number of hydrogen-bond acceptors (Lipinski definition) is 5. The van der Waals surface area contributed by atoms with Crippen LogP contribution in [0.3, 0.4) is 0 Å². The number of aromatic nitrogens is 6. The minimum absolute atomic E-state index is 0.597. The summed E-state index contributed by atoms with van der Waals surface area (Å²) in [6, 6.07) is 14.5. The van der Waals surface area contributed by atoms with E-state index in [1.807, 2.05) is 22.7 Å². The van der Waals surface area contributed by atoms with E-state index in [0.29, 0.717) is 6.61 Å². The minimum Gasteiger partial charge on any atom is -0.493 e. The first kappa shape index (κ1) is 18.1. The maximum Gasteiger partial charge on any atom is 0.260 e. The number of hydrogen-bond donors (Lipinski definition) is 0. The van der Waals surface area contributed by atoms with Crippen molar-refractivity contribution in [2.45, 2.75) is 32.5 Å². The molecule has 0 saturated carbocycles. The molecule has 3 aromatic heterocycles. The molecule has 5 aromatic rings. The maximum absolute atomic E-state index is 5.88. The Labute approximate surface area is 172 Å². The van der Waals surface area contributed by atoms with Crippen molar-refractivity contribution in [1.29, 1.82) is 0 Å². The first-order valence-corrected chi connectivity index (χ1v) is 10.7. The Morgan fingerprint density at radius 2 is 1.79 bits per heavy atom. The molecule has 2 aromatic carbocycles. The van der Waals surface area contributed by atoms with E-state index >= 15 is 0 Å². The molecule has 148 valence electrons. The second kappa shape index (κ2) is 7.11. The van der Waals surface area contributed by atoms with Crippen molar-refractivity contribution in [2.75, 3.05) is 12.4 Å². The van der Waals surface area contributed by atoms with Gasteiger partial charge in [0.2, 0.25) is 10.9 Å². The molecular formula is C21H22N6OS. The van der Waals surface area contributed by atoms with Crippen LogP contribution < -0.4 is 4.74 Å². The second-order valence-electron chi connectivity index (χ2n) is 7.01. The van der Waals surface area contributed by atoms with Gasteiger partial charge in [0.1, 0.15) is 5.75 Å². The van der Waals surface area contributed by atoms with Gasteiger partial charge >= 0.3 is 0 Å². The van der Waals surface area contributed by atoms with Gasteiger partial charge in [-0.25, -0.2) is 4.40 Å². The van der Waals surface area contributed by atoms with Crippen LogP contribution in [0.2, 0.25) is 0 Å². The molecule has 3 heterocycles. The summed E-state index contributed by atoms with van der Waals surface area (Å²) in [6.45, 7) is 7.77. The zero-order chi connectivity index (χ0) is 20.0. The number of rotatable bonds is 6. The number of para-hydroxylation sites is 2. The van der Waals surface area contributed by atoms with E-state index in [4.69, 9.17) is 9.84 Å². The molecule has 0 unspecified atom stereocenters. The Bertz CT molecular complexity index is 1330. The van der Waals surface area contributed by atoms with Gasteiger partial charge in [0.15, 0.2) is 0 Å². The van der Waals surface area contributed by atoms with Gasteiger partial charge in [-0.3, -0.25) is 0 Å². The molecule has 0 atom stereocenters. The van der Waals surface area contributed by atoms with Crippen LogP contribution in [0.1, 0.15) is 18.1 Å². The lowest BCUT2D eigenvalue weighted by atomic mass is 10.1. The molecule has 0 spiro atoms. The lowest BCUT2D eigenvalue weighted by molar-refractivity contribution is 0.343. The average Bonchev–Trinajstić information content (AvgIpc) is 3.37. The Morgan fingerprint density at radius 1 is 0.966 bits per heavy atom. The standard InChI is InChI=1S/C21H22N6OS/c1-4-25-17-7-5-6-8-18(17)26-19-22-23-21(27(19)24-20(25)26)29-12-11-28-16-10-9-14(2)15(3)13-16/h5-10,13H,4,11-12H2,1-3H3. The number of aryl methyl sites for hydroxylation is 3. The molecule has 0 aliphatic rings. The van der Waals surface area contributed by atoms with Crippen molar-refractivity contribution in [3.8, 4) is 5.75 Å². The third kappa shape index (κ3) is 2.95. The summed E-state index contributed by atoms with van der Waals surface area (Å²) in [4.78, 5) is 0. The number of nitrogens with zero attached hydrogens (tertiary/aromatic N) is 6. The average molecular weight is 407 g/mol. The lowest BCUT2D eigenvalue weighted by Crippen LogP contribution is -2.02. The Kier molecular flexibility index (Phi) is 4.43. The summed E-state index contributed by atoms with van der Waals surface area (Å²) in [5, 5.41) is 14.3. The molecule has 0 N–H and O–H groups in total. The first-order chi connectivity index (χ1) is 14.2. The van der Waals surface area contributed by atoms with Gasteiger partial charge in [0.25, 0.3) is 5.78 Å². The number of benzene rings is 2. The van der Waals surface area contributed by atoms with Crippen molar-refractivity contribution in [3.63, 3.8) is 0 Å². The second-order valence-corrected chi connectivity index (χ2v) is 8.07. The SMILES string of the molecule is CCn1c2ccccc2n2c1nn1c(SCCOc3ccc(C)c(C)c3)nnc12. The molecule has 0 aliphatic carbocycles. The van der Waals surface area contributed by atoms with Gasteiger partial charge in [0.05, 0.1) is 17.6 Å². The van der Waals surface area contributed by atoms with Crippen molar-refractivity contribution in [2.24, 2.45) is 0 Å². The van der Waals surface area contributed by atoms with Crippen molar-refractivity contribution in [3.05, 3.63) is 53.6 Å². The fourth-order valence-corrected chi connectivity index (χ4v) is 4.28. The highest BCUT2D eigenvalue weighted by Crippen LogP contribution is 2.25. The van der Waals surface area contributed by atoms with E-state index in [2.05, 4.69) is 64.2 Å². The zero-order valence-electron chi connectivity index (χ0n) is 16.7. The van der Waals surface area contributed by atoms with Crippen LogP contribution >= 0.6 is 11.8 Å². The molecular weight excluding hydrogens is 384 g/mol. The summed E-state index contributed by atoms with van der Waals surface area (Å²) in [6.07, 6.45) is 0. The summed E-state index contributed by atoms with van der Waals surface area (Å²) < 4.78 is 12.0. The van der Waals surface area contributed by atoms with Gasteiger partial charge in [-0.2, -0.15) is 4.52 Å². The van der Waals surface area contributed by atoms with Gasteiger partial charge in [-0.15, -0.1) is 15.3 Å². The normalized spacial score (nSPS) is 11.8. The molecule has 0 saturated heterocycles. The molecule has 7 nitrogen and oxygen atoms in total. The Hall–Kier alpha value is -3.00. The zero-order valence-corrected chi connectivity index (χ0v) is 17.5. The molecule has 5 rings (SSSR count). The highest BCUT2D eigenvalue weighted by Gasteiger charge is 2.19. The van der Waals surface area contributed by atoms with E-state index in [-0.39, 0.29) is 0 Å². The van der Waals surface area contributed by atoms with Crippen LogP contribution in [-0.2, 0) is 6.54 Å². The highest BCUT2D eigenvalue weighted by atomic mass is 32.2. The number of thioether (sulfide) groups is 1. The van der Waals surface area contributed by atoms with E-state index in [0.717, 1.165) is 45.8 Å². The van der Waals surface area contributed by atoms with Crippen molar-refractivity contribution < 1.29 is 4.74 Å². The van der Waals surface area contributed by atoms with Crippen molar-refractivity contribution in [1.82, 2.24) is 28.8 Å². The summed E-state index contributed by atoms with van der Waals surface area (Å²) in [7, 11) is 0. The Morgan fingerprint density at radius 3 is 2.59 bits per heavy atom. The van der Waals surface area contributed by atoms with E-state index in [9.17, 15) is 0 Å². The van der Waals surface area contributed by atoms with Crippen LogP contribution in [-0.4, -0.2) is 41.1 Å². The minimum atomic E-state index is 0.597. The van der Waals surface area contributed by atoms with E-state index in [1.54, 1.807) is 11.8 Å². The Balaban J connectivity index is 1.38. The summed E-state index contributed by atoms with van der Waals surface area (Å²) in [5.41, 5.74) is 4.75. The van der Waals surface area contributed by atoms with Crippen LogP contribution in [0.5, 0.6) is 5.75 Å². The largest absolute Gasteiger partial charge is 0.493 e. The highest BCUT2D eigenvalue weighted by molar-refractivity contribution is 7.99. The lowest BCUT2D eigenvalue weighted by Gasteiger charge is -2.07. The van der Waals surface area contributed by atoms with Gasteiger partial charge < -0.3 is 9.30 Å². The summed E-state index contributed by atoms with van der Waals surface area (Å²) in [5.74, 6) is 3.29. The predicted octanol–water partition coefficient (Wildman–Crippen LogP) is 4.14. The fourth-order valence-electron chi connectivity index (χ4n) is 3.59. The van der Waals surface area contributed by atoms with Crippen LogP contribution in [0, 0.1) is 13.8 Å². The van der Waals surface area contributed by atoms with E-state index < -0.39 is 0 Å². The molecule has 29 heavy (non-hydrogen) atoms. The van der Waals surface area contributed by atoms with Gasteiger partial charge in [-0.1, -0.05) is 30.0 Å². The molecule has 0 radical (unpaired) electrons. The molecule has 0 amide bonds. The maximum atomic E-state index is 5.88. The molecule has 0 fully saturated rings. The topological polar surface area (TPSA) is 61.7 Å². The first-order valence-electron chi connectivity index (χ1n) is 9.71. The fraction of sp³-hybridized carbons (Fsp3) is 0.286. The monoisotopic (exact) mass is 406 g/mol. The quantitative estimate of drug-likeness (QED) is 0.313. The third-order valence-corrected chi connectivity index (χ3v) is 6.10. The number of ether oxygens (including phenoxy) is 1. The molecule has 8 heteroatoms. The molecule has 0 aliphatic heterocycles. The smallest absolute Gasteiger partial charge is 0.260 e. The summed E-state index contributed by atoms with van der Waals surface area (Å²) >= 11 is 1.60. The molecule has 0 bridgehead atoms. The van der Waals surface area contributed by atoms with E-state index in [1.165, 1.54) is 11.1 Å². The number of fused-ring (bicyclic) bond motifs is 5. The van der Waals surface area contributed by atoms with Gasteiger partial charge in [0, 0.05) is 12.3 Å². The number of imidazole rings is 1. The predicted molar refractivity (Wildman–Crippen MR) is 115 cm³/mol. The van der Waals surface area contributed by atoms with Gasteiger partial charge in [-0.05, 0) is 56.2 Å². The van der Waals surface area contributed by atoms with Crippen molar-refractivity contribution >= 4 is 34.4 Å².